The highest BCUT2D eigenvalue weighted by atomic mass is 16.5. The molecule has 0 bridgehead atoms. The lowest BCUT2D eigenvalue weighted by Crippen LogP contribution is -2.14. The van der Waals surface area contributed by atoms with Gasteiger partial charge in [-0.15, -0.1) is 0 Å². The first-order chi connectivity index (χ1) is 6.27. The second-order valence-corrected chi connectivity index (χ2v) is 3.87. The molecule has 0 spiro atoms. The SMILES string of the molecule is CCOC(=O)C[C@H]1CCC[C@@H]1CC. The van der Waals surface area contributed by atoms with Crippen molar-refractivity contribution in [3.63, 3.8) is 0 Å². The molecule has 13 heavy (non-hydrogen) atoms. The smallest absolute Gasteiger partial charge is 0.306 e. The third-order valence-electron chi connectivity index (χ3n) is 3.08. The van der Waals surface area contributed by atoms with Gasteiger partial charge in [0.05, 0.1) is 6.61 Å². The molecule has 2 nitrogen and oxygen atoms in total. The first-order valence-electron chi connectivity index (χ1n) is 5.43. The lowest BCUT2D eigenvalue weighted by Gasteiger charge is -2.16. The Hall–Kier alpha value is -0.530. The van der Waals surface area contributed by atoms with Crippen LogP contribution in [0.25, 0.3) is 0 Å². The van der Waals surface area contributed by atoms with Crippen molar-refractivity contribution in [1.82, 2.24) is 0 Å². The van der Waals surface area contributed by atoms with Gasteiger partial charge < -0.3 is 4.74 Å². The van der Waals surface area contributed by atoms with Crippen LogP contribution < -0.4 is 0 Å². The van der Waals surface area contributed by atoms with E-state index in [0.717, 1.165) is 5.92 Å². The maximum Gasteiger partial charge on any atom is 0.306 e. The van der Waals surface area contributed by atoms with Crippen molar-refractivity contribution >= 4 is 5.97 Å². The molecular weight excluding hydrogens is 164 g/mol. The van der Waals surface area contributed by atoms with E-state index in [4.69, 9.17) is 4.74 Å². The van der Waals surface area contributed by atoms with Crippen molar-refractivity contribution in [1.29, 1.82) is 0 Å². The molecule has 2 atom stereocenters. The van der Waals surface area contributed by atoms with Gasteiger partial charge >= 0.3 is 5.97 Å². The van der Waals surface area contributed by atoms with Crippen LogP contribution in [-0.4, -0.2) is 12.6 Å². The van der Waals surface area contributed by atoms with Gasteiger partial charge in [-0.1, -0.05) is 26.2 Å². The summed E-state index contributed by atoms with van der Waals surface area (Å²) in [4.78, 5) is 11.2. The molecule has 0 amide bonds. The summed E-state index contributed by atoms with van der Waals surface area (Å²) in [5.74, 6) is 1.36. The van der Waals surface area contributed by atoms with E-state index >= 15 is 0 Å². The van der Waals surface area contributed by atoms with Gasteiger partial charge in [0.1, 0.15) is 0 Å². The van der Waals surface area contributed by atoms with E-state index in [-0.39, 0.29) is 5.97 Å². The van der Waals surface area contributed by atoms with Crippen molar-refractivity contribution in [2.45, 2.75) is 46.0 Å². The largest absolute Gasteiger partial charge is 0.466 e. The van der Waals surface area contributed by atoms with Crippen LogP contribution in [0.1, 0.15) is 46.0 Å². The van der Waals surface area contributed by atoms with Gasteiger partial charge in [-0.25, -0.2) is 0 Å². The standard InChI is InChI=1S/C11H20O2/c1-3-9-6-5-7-10(9)8-11(12)13-4-2/h9-10H,3-8H2,1-2H3/t9-,10+/m0/s1. The Morgan fingerprint density at radius 3 is 2.62 bits per heavy atom. The number of carbonyl (C=O) groups excluding carboxylic acids is 1. The van der Waals surface area contributed by atoms with E-state index in [0.29, 0.717) is 18.9 Å². The summed E-state index contributed by atoms with van der Waals surface area (Å²) < 4.78 is 4.96. The zero-order valence-electron chi connectivity index (χ0n) is 8.71. The van der Waals surface area contributed by atoms with E-state index in [1.165, 1.54) is 25.7 Å². The molecule has 1 rings (SSSR count). The maximum atomic E-state index is 11.2. The van der Waals surface area contributed by atoms with Gasteiger partial charge in [0.25, 0.3) is 0 Å². The van der Waals surface area contributed by atoms with E-state index in [1.807, 2.05) is 6.92 Å². The number of hydrogen-bond acceptors (Lipinski definition) is 2. The molecule has 0 aromatic carbocycles. The molecule has 1 fully saturated rings. The fraction of sp³-hybridized carbons (Fsp3) is 0.909. The van der Waals surface area contributed by atoms with Gasteiger partial charge in [0, 0.05) is 6.42 Å². The normalized spacial score (nSPS) is 27.5. The van der Waals surface area contributed by atoms with Crippen molar-refractivity contribution in [2.75, 3.05) is 6.61 Å². The summed E-state index contributed by atoms with van der Waals surface area (Å²) in [7, 11) is 0. The first-order valence-corrected chi connectivity index (χ1v) is 5.43. The Morgan fingerprint density at radius 2 is 2.00 bits per heavy atom. The monoisotopic (exact) mass is 184 g/mol. The Labute approximate surface area is 80.7 Å². The molecule has 0 heterocycles. The van der Waals surface area contributed by atoms with Gasteiger partial charge in [0.2, 0.25) is 0 Å². The van der Waals surface area contributed by atoms with Crippen LogP contribution in [0.2, 0.25) is 0 Å². The predicted molar refractivity (Wildman–Crippen MR) is 52.4 cm³/mol. The van der Waals surface area contributed by atoms with Crippen molar-refractivity contribution in [3.8, 4) is 0 Å². The van der Waals surface area contributed by atoms with Crippen molar-refractivity contribution in [3.05, 3.63) is 0 Å². The molecule has 0 radical (unpaired) electrons. The van der Waals surface area contributed by atoms with E-state index in [9.17, 15) is 4.79 Å². The summed E-state index contributed by atoms with van der Waals surface area (Å²) in [6.07, 6.45) is 5.68. The molecule has 0 aliphatic heterocycles. The molecule has 1 saturated carbocycles. The zero-order valence-corrected chi connectivity index (χ0v) is 8.71. The van der Waals surface area contributed by atoms with Gasteiger partial charge in [-0.3, -0.25) is 4.79 Å². The summed E-state index contributed by atoms with van der Waals surface area (Å²) in [6.45, 7) is 4.60. The maximum absolute atomic E-state index is 11.2. The fourth-order valence-corrected chi connectivity index (χ4v) is 2.35. The first kappa shape index (κ1) is 10.6. The van der Waals surface area contributed by atoms with Gasteiger partial charge in [-0.05, 0) is 25.2 Å². The van der Waals surface area contributed by atoms with Crippen LogP contribution in [0.3, 0.4) is 0 Å². The van der Waals surface area contributed by atoms with E-state index in [1.54, 1.807) is 0 Å². The van der Waals surface area contributed by atoms with E-state index in [2.05, 4.69) is 6.92 Å². The highest BCUT2D eigenvalue weighted by Gasteiger charge is 2.27. The Bertz CT molecular complexity index is 165. The zero-order chi connectivity index (χ0) is 9.68. The number of rotatable bonds is 4. The summed E-state index contributed by atoms with van der Waals surface area (Å²) in [6, 6.07) is 0. The molecule has 0 aromatic rings. The second kappa shape index (κ2) is 5.25. The molecule has 0 saturated heterocycles. The number of esters is 1. The molecular formula is C11H20O2. The van der Waals surface area contributed by atoms with E-state index < -0.39 is 0 Å². The average molecular weight is 184 g/mol. The topological polar surface area (TPSA) is 26.3 Å². The van der Waals surface area contributed by atoms with Crippen LogP contribution in [0, 0.1) is 11.8 Å². The Kier molecular flexibility index (Phi) is 4.26. The minimum absolute atomic E-state index is 0.00662. The number of hydrogen-bond donors (Lipinski definition) is 0. The minimum atomic E-state index is -0.00662. The quantitative estimate of drug-likeness (QED) is 0.628. The van der Waals surface area contributed by atoms with Crippen LogP contribution in [0.5, 0.6) is 0 Å². The Morgan fingerprint density at radius 1 is 1.31 bits per heavy atom. The third-order valence-corrected chi connectivity index (χ3v) is 3.08. The Balaban J connectivity index is 2.30. The van der Waals surface area contributed by atoms with Crippen molar-refractivity contribution < 1.29 is 9.53 Å². The summed E-state index contributed by atoms with van der Waals surface area (Å²) in [5, 5.41) is 0. The van der Waals surface area contributed by atoms with Crippen LogP contribution in [0.15, 0.2) is 0 Å². The molecule has 0 aromatic heterocycles. The van der Waals surface area contributed by atoms with Gasteiger partial charge in [0.15, 0.2) is 0 Å². The van der Waals surface area contributed by atoms with Crippen LogP contribution in [-0.2, 0) is 9.53 Å². The number of ether oxygens (including phenoxy) is 1. The lowest BCUT2D eigenvalue weighted by molar-refractivity contribution is -0.144. The molecule has 76 valence electrons. The summed E-state index contributed by atoms with van der Waals surface area (Å²) >= 11 is 0. The van der Waals surface area contributed by atoms with Gasteiger partial charge in [-0.2, -0.15) is 0 Å². The third kappa shape index (κ3) is 3.02. The predicted octanol–water partition coefficient (Wildman–Crippen LogP) is 2.77. The molecule has 0 N–H and O–H groups in total. The minimum Gasteiger partial charge on any atom is -0.466 e. The van der Waals surface area contributed by atoms with Crippen molar-refractivity contribution in [2.24, 2.45) is 11.8 Å². The van der Waals surface area contributed by atoms with Crippen LogP contribution >= 0.6 is 0 Å². The fourth-order valence-electron chi connectivity index (χ4n) is 2.35. The molecule has 1 aliphatic carbocycles. The lowest BCUT2D eigenvalue weighted by atomic mass is 9.91. The average Bonchev–Trinajstić information content (AvgIpc) is 2.52. The highest BCUT2D eigenvalue weighted by molar-refractivity contribution is 5.69. The summed E-state index contributed by atoms with van der Waals surface area (Å²) in [5.41, 5.74) is 0. The second-order valence-electron chi connectivity index (χ2n) is 3.87. The molecule has 1 aliphatic rings. The number of carbonyl (C=O) groups is 1. The highest BCUT2D eigenvalue weighted by Crippen LogP contribution is 2.36. The molecule has 2 heteroatoms. The molecule has 0 unspecified atom stereocenters. The van der Waals surface area contributed by atoms with Crippen LogP contribution in [0.4, 0.5) is 0 Å².